The molecule has 2 aliphatic rings. The molecule has 1 aromatic heterocycles. The first-order valence-electron chi connectivity index (χ1n) is 11.3. The number of fused-ring (bicyclic) bond motifs is 1. The normalized spacial score (nSPS) is 17.7. The van der Waals surface area contributed by atoms with Gasteiger partial charge in [0.2, 0.25) is 10.0 Å². The van der Waals surface area contributed by atoms with E-state index in [2.05, 4.69) is 6.07 Å². The second kappa shape index (κ2) is 9.21. The smallest absolute Gasteiger partial charge is 0.211 e. The van der Waals surface area contributed by atoms with E-state index < -0.39 is 10.0 Å². The zero-order chi connectivity index (χ0) is 24.8. The Morgan fingerprint density at radius 2 is 1.94 bits per heavy atom. The monoisotopic (exact) mass is 533 g/mol. The average Bonchev–Trinajstić information content (AvgIpc) is 3.18. The highest BCUT2D eigenvalue weighted by Gasteiger charge is 2.54. The van der Waals surface area contributed by atoms with Crippen LogP contribution in [0.3, 0.4) is 0 Å². The number of hydrogen-bond acceptors (Lipinski definition) is 5. The molecule has 10 heteroatoms. The molecule has 2 fully saturated rings. The molecule has 1 saturated carbocycles. The number of nitriles is 1. The van der Waals surface area contributed by atoms with Crippen molar-refractivity contribution in [3.8, 4) is 23.3 Å². The molecule has 0 bridgehead atoms. The van der Waals surface area contributed by atoms with Gasteiger partial charge in [-0.2, -0.15) is 5.26 Å². The van der Waals surface area contributed by atoms with Crippen LogP contribution >= 0.6 is 23.2 Å². The largest absolute Gasteiger partial charge is 0.493 e. The zero-order valence-corrected chi connectivity index (χ0v) is 21.5. The third-order valence-electron chi connectivity index (χ3n) is 6.83. The van der Waals surface area contributed by atoms with Crippen molar-refractivity contribution < 1.29 is 17.9 Å². The van der Waals surface area contributed by atoms with E-state index >= 15 is 0 Å². The lowest BCUT2D eigenvalue weighted by Gasteiger charge is -2.58. The van der Waals surface area contributed by atoms with Gasteiger partial charge < -0.3 is 14.0 Å². The van der Waals surface area contributed by atoms with Gasteiger partial charge in [0, 0.05) is 30.4 Å². The fourth-order valence-electron chi connectivity index (χ4n) is 5.22. The Kier molecular flexibility index (Phi) is 6.39. The highest BCUT2D eigenvalue weighted by Crippen LogP contribution is 2.52. The first kappa shape index (κ1) is 24.3. The van der Waals surface area contributed by atoms with E-state index in [0.717, 1.165) is 35.2 Å². The van der Waals surface area contributed by atoms with Gasteiger partial charge in [0.25, 0.3) is 0 Å². The molecule has 0 N–H and O–H groups in total. The van der Waals surface area contributed by atoms with Crippen LogP contribution in [0.4, 0.5) is 0 Å². The first-order chi connectivity index (χ1) is 16.7. The number of ether oxygens (including phenoxy) is 2. The summed E-state index contributed by atoms with van der Waals surface area (Å²) in [6, 6.07) is 13.6. The molecule has 184 valence electrons. The van der Waals surface area contributed by atoms with Gasteiger partial charge in [0.1, 0.15) is 18.4 Å². The van der Waals surface area contributed by atoms with Gasteiger partial charge in [-0.1, -0.05) is 11.6 Å². The molecule has 1 saturated heterocycles. The summed E-state index contributed by atoms with van der Waals surface area (Å²) in [5.74, 6) is 1.89. The Balaban J connectivity index is 1.25. The van der Waals surface area contributed by atoms with Crippen molar-refractivity contribution in [2.24, 2.45) is 11.3 Å². The molecule has 0 unspecified atom stereocenters. The maximum Gasteiger partial charge on any atom is 0.211 e. The van der Waals surface area contributed by atoms with Crippen molar-refractivity contribution in [2.45, 2.75) is 12.8 Å². The number of hydrogen-bond donors (Lipinski definition) is 0. The van der Waals surface area contributed by atoms with Crippen LogP contribution in [0.1, 0.15) is 18.4 Å². The molecule has 5 rings (SSSR count). The Labute approximate surface area is 214 Å². The molecule has 2 heterocycles. The topological polar surface area (TPSA) is 84.6 Å². The summed E-state index contributed by atoms with van der Waals surface area (Å²) in [6.45, 7) is 2.17. The molecule has 0 amide bonds. The van der Waals surface area contributed by atoms with Crippen molar-refractivity contribution in [1.29, 1.82) is 5.26 Å². The van der Waals surface area contributed by atoms with Gasteiger partial charge in [-0.05, 0) is 60.6 Å². The first-order valence-corrected chi connectivity index (χ1v) is 14.1. The third kappa shape index (κ3) is 4.70. The van der Waals surface area contributed by atoms with E-state index in [1.54, 1.807) is 16.4 Å². The molecule has 3 aromatic rings. The molecule has 1 aliphatic carbocycles. The summed E-state index contributed by atoms with van der Waals surface area (Å²) in [4.78, 5) is 0. The van der Waals surface area contributed by atoms with Crippen LogP contribution in [-0.2, 0) is 10.0 Å². The molecule has 1 aliphatic heterocycles. The number of rotatable bonds is 8. The summed E-state index contributed by atoms with van der Waals surface area (Å²) in [5.41, 5.74) is 2.23. The standard InChI is InChI=1S/C25H25Cl2N3O4S/c1-35(31,32)29-15-25(16-29)11-17(12-25)14-34-21-2-3-23-18(9-21)4-6-30(23)20-8-19(13-28)24(22(27)10-20)33-7-5-26/h2-4,6,8-10,17H,5,7,11-12,14-16H2,1H3. The van der Waals surface area contributed by atoms with Crippen LogP contribution in [0.15, 0.2) is 42.6 Å². The van der Waals surface area contributed by atoms with E-state index in [1.165, 1.54) is 6.26 Å². The second-order valence-corrected chi connectivity index (χ2v) is 12.2. The predicted octanol–water partition coefficient (Wildman–Crippen LogP) is 4.82. The highest BCUT2D eigenvalue weighted by molar-refractivity contribution is 7.88. The maximum absolute atomic E-state index is 11.6. The Morgan fingerprint density at radius 1 is 1.17 bits per heavy atom. The Hall–Kier alpha value is -2.44. The lowest BCUT2D eigenvalue weighted by atomic mass is 9.59. The fourth-order valence-corrected chi connectivity index (χ4v) is 6.58. The van der Waals surface area contributed by atoms with E-state index in [1.807, 2.05) is 35.0 Å². The van der Waals surface area contributed by atoms with Crippen molar-refractivity contribution in [2.75, 3.05) is 38.4 Å². The van der Waals surface area contributed by atoms with Gasteiger partial charge in [-0.3, -0.25) is 0 Å². The van der Waals surface area contributed by atoms with Gasteiger partial charge >= 0.3 is 0 Å². The van der Waals surface area contributed by atoms with E-state index in [9.17, 15) is 13.7 Å². The van der Waals surface area contributed by atoms with Crippen LogP contribution < -0.4 is 9.47 Å². The quantitative estimate of drug-likeness (QED) is 0.387. The molecule has 2 aromatic carbocycles. The van der Waals surface area contributed by atoms with Crippen LogP contribution in [0.25, 0.3) is 16.6 Å². The number of sulfonamides is 1. The Morgan fingerprint density at radius 3 is 2.63 bits per heavy atom. The minimum atomic E-state index is -3.07. The lowest BCUT2D eigenvalue weighted by Crippen LogP contribution is -2.63. The van der Waals surface area contributed by atoms with Gasteiger partial charge in [-0.15, -0.1) is 11.6 Å². The molecular formula is C25H25Cl2N3O4S. The maximum atomic E-state index is 11.6. The highest BCUT2D eigenvalue weighted by atomic mass is 35.5. The SMILES string of the molecule is CS(=O)(=O)N1CC2(CC(COc3ccc4c(ccn4-c4cc(Cl)c(OCCCl)c(C#N)c4)c3)C2)C1. The second-order valence-electron chi connectivity index (χ2n) is 9.48. The average molecular weight is 534 g/mol. The van der Waals surface area contributed by atoms with Crippen molar-refractivity contribution >= 4 is 44.1 Å². The number of alkyl halides is 1. The summed E-state index contributed by atoms with van der Waals surface area (Å²) in [6.07, 6.45) is 5.21. The molecule has 0 radical (unpaired) electrons. The van der Waals surface area contributed by atoms with Gasteiger partial charge in [0.15, 0.2) is 5.75 Å². The number of halogens is 2. The molecule has 35 heavy (non-hydrogen) atoms. The van der Waals surface area contributed by atoms with Gasteiger partial charge in [-0.25, -0.2) is 12.7 Å². The summed E-state index contributed by atoms with van der Waals surface area (Å²) >= 11 is 12.1. The van der Waals surface area contributed by atoms with Crippen LogP contribution in [-0.4, -0.2) is 55.7 Å². The minimum absolute atomic E-state index is 0.159. The summed E-state index contributed by atoms with van der Waals surface area (Å²) in [7, 11) is -3.07. The van der Waals surface area contributed by atoms with Crippen molar-refractivity contribution in [3.63, 3.8) is 0 Å². The van der Waals surface area contributed by atoms with E-state index in [-0.39, 0.29) is 12.0 Å². The van der Waals surface area contributed by atoms with E-state index in [0.29, 0.717) is 47.8 Å². The zero-order valence-electron chi connectivity index (χ0n) is 19.2. The van der Waals surface area contributed by atoms with Crippen molar-refractivity contribution in [1.82, 2.24) is 8.87 Å². The molecule has 0 atom stereocenters. The number of nitrogens with zero attached hydrogens (tertiary/aromatic N) is 3. The summed E-state index contributed by atoms with van der Waals surface area (Å²) < 4.78 is 38.3. The van der Waals surface area contributed by atoms with Crippen molar-refractivity contribution in [3.05, 3.63) is 53.2 Å². The minimum Gasteiger partial charge on any atom is -0.493 e. The fraction of sp³-hybridized carbons (Fsp3) is 0.400. The molecular weight excluding hydrogens is 509 g/mol. The van der Waals surface area contributed by atoms with Crippen LogP contribution in [0, 0.1) is 22.7 Å². The summed E-state index contributed by atoms with van der Waals surface area (Å²) in [5, 5.41) is 10.9. The number of benzene rings is 2. The predicted molar refractivity (Wildman–Crippen MR) is 136 cm³/mol. The third-order valence-corrected chi connectivity index (χ3v) is 8.47. The number of aromatic nitrogens is 1. The van der Waals surface area contributed by atoms with E-state index in [4.69, 9.17) is 32.7 Å². The van der Waals surface area contributed by atoms with Crippen LogP contribution in [0.5, 0.6) is 11.5 Å². The lowest BCUT2D eigenvalue weighted by molar-refractivity contribution is -0.0652. The molecule has 1 spiro atoms. The Bertz CT molecular complexity index is 1420. The van der Waals surface area contributed by atoms with Gasteiger partial charge in [0.05, 0.1) is 34.8 Å². The van der Waals surface area contributed by atoms with Crippen LogP contribution in [0.2, 0.25) is 5.02 Å². The molecule has 7 nitrogen and oxygen atoms in total.